The first kappa shape index (κ1) is 13.1. The van der Waals surface area contributed by atoms with Crippen molar-refractivity contribution >= 4 is 17.6 Å². The van der Waals surface area contributed by atoms with Gasteiger partial charge in [0.15, 0.2) is 0 Å². The molecule has 2 amide bonds. The summed E-state index contributed by atoms with van der Waals surface area (Å²) in [6.45, 7) is 0.818. The molecular formula is C14H17N3O3. The number of nitrogens with zero attached hydrogens (tertiary/aromatic N) is 1. The number of hydrogen-bond donors (Lipinski definition) is 2. The highest BCUT2D eigenvalue weighted by Crippen LogP contribution is 2.32. The summed E-state index contributed by atoms with van der Waals surface area (Å²) in [5.41, 5.74) is 6.52. The minimum atomic E-state index is -0.358. The van der Waals surface area contributed by atoms with Crippen LogP contribution in [0.1, 0.15) is 12.8 Å². The van der Waals surface area contributed by atoms with Crippen LogP contribution in [0.4, 0.5) is 0 Å². The predicted octanol–water partition coefficient (Wildman–Crippen LogP) is -0.679. The van der Waals surface area contributed by atoms with Crippen molar-refractivity contribution in [2.75, 3.05) is 13.1 Å². The topological polar surface area (TPSA) is 92.5 Å². The Morgan fingerprint density at radius 1 is 1.35 bits per heavy atom. The molecule has 1 saturated heterocycles. The van der Waals surface area contributed by atoms with E-state index in [2.05, 4.69) is 5.32 Å². The molecule has 3 atom stereocenters. The van der Waals surface area contributed by atoms with Crippen LogP contribution in [0.3, 0.4) is 0 Å². The Bertz CT molecular complexity index is 538. The Hall–Kier alpha value is -1.95. The van der Waals surface area contributed by atoms with E-state index in [-0.39, 0.29) is 35.5 Å². The number of nitrogens with one attached hydrogen (secondary N) is 1. The number of rotatable bonds is 2. The van der Waals surface area contributed by atoms with Gasteiger partial charge in [-0.15, -0.1) is 0 Å². The first-order valence-corrected chi connectivity index (χ1v) is 6.83. The Morgan fingerprint density at radius 3 is 2.85 bits per heavy atom. The van der Waals surface area contributed by atoms with Crippen LogP contribution < -0.4 is 11.1 Å². The van der Waals surface area contributed by atoms with Crippen LogP contribution in [0, 0.1) is 11.8 Å². The maximum absolute atomic E-state index is 12.2. The molecule has 6 nitrogen and oxygen atoms in total. The number of piperidine rings is 1. The molecule has 6 heteroatoms. The summed E-state index contributed by atoms with van der Waals surface area (Å²) in [7, 11) is 0. The Labute approximate surface area is 116 Å². The minimum absolute atomic E-state index is 0.121. The normalized spacial score (nSPS) is 33.0. The lowest BCUT2D eigenvalue weighted by molar-refractivity contribution is -0.137. The second-order valence-electron chi connectivity index (χ2n) is 5.45. The summed E-state index contributed by atoms with van der Waals surface area (Å²) >= 11 is 0. The highest BCUT2D eigenvalue weighted by molar-refractivity contribution is 6.00. The third-order valence-electron chi connectivity index (χ3n) is 4.20. The smallest absolute Gasteiger partial charge is 0.249 e. The summed E-state index contributed by atoms with van der Waals surface area (Å²) in [4.78, 5) is 37.2. The van der Waals surface area contributed by atoms with Gasteiger partial charge in [0.2, 0.25) is 11.8 Å². The van der Waals surface area contributed by atoms with E-state index in [0.29, 0.717) is 25.9 Å². The van der Waals surface area contributed by atoms with Gasteiger partial charge in [-0.1, -0.05) is 12.2 Å². The first-order chi connectivity index (χ1) is 9.60. The summed E-state index contributed by atoms with van der Waals surface area (Å²) in [5, 5.41) is 2.35. The fourth-order valence-corrected chi connectivity index (χ4v) is 3.05. The zero-order valence-electron chi connectivity index (χ0n) is 11.0. The number of Topliss-reactive ketones (excluding diaryl/α,β-unsaturated/α-hetero) is 1. The lowest BCUT2D eigenvalue weighted by Gasteiger charge is -2.30. The lowest BCUT2D eigenvalue weighted by Crippen LogP contribution is -2.51. The minimum Gasteiger partial charge on any atom is -0.364 e. The molecule has 3 unspecified atom stereocenters. The molecule has 0 bridgehead atoms. The van der Waals surface area contributed by atoms with E-state index < -0.39 is 0 Å². The van der Waals surface area contributed by atoms with Crippen molar-refractivity contribution in [1.29, 1.82) is 0 Å². The molecule has 0 aromatic carbocycles. The Morgan fingerprint density at radius 2 is 2.15 bits per heavy atom. The van der Waals surface area contributed by atoms with Gasteiger partial charge in [0.05, 0.1) is 5.92 Å². The van der Waals surface area contributed by atoms with Crippen LogP contribution in [0.25, 0.3) is 0 Å². The van der Waals surface area contributed by atoms with E-state index in [1.165, 1.54) is 0 Å². The molecule has 0 aromatic heterocycles. The number of carbonyl (C=O) groups excluding carboxylic acids is 3. The molecule has 1 aliphatic carbocycles. The van der Waals surface area contributed by atoms with Crippen molar-refractivity contribution in [2.24, 2.45) is 17.6 Å². The molecule has 20 heavy (non-hydrogen) atoms. The summed E-state index contributed by atoms with van der Waals surface area (Å²) in [5.74, 6) is -0.799. The third-order valence-corrected chi connectivity index (χ3v) is 4.20. The molecule has 3 aliphatic rings. The Kier molecular flexibility index (Phi) is 3.17. The number of imide groups is 1. The fraction of sp³-hybridized carbons (Fsp3) is 0.500. The van der Waals surface area contributed by atoms with Gasteiger partial charge in [-0.25, -0.2) is 0 Å². The highest BCUT2D eigenvalue weighted by atomic mass is 16.2. The van der Waals surface area contributed by atoms with Gasteiger partial charge >= 0.3 is 0 Å². The van der Waals surface area contributed by atoms with Crippen molar-refractivity contribution in [3.8, 4) is 0 Å². The molecule has 0 saturated carbocycles. The van der Waals surface area contributed by atoms with Crippen LogP contribution >= 0.6 is 0 Å². The fourth-order valence-electron chi connectivity index (χ4n) is 3.05. The van der Waals surface area contributed by atoms with Crippen LogP contribution in [-0.2, 0) is 14.4 Å². The van der Waals surface area contributed by atoms with Crippen LogP contribution in [0.15, 0.2) is 23.9 Å². The molecule has 106 valence electrons. The van der Waals surface area contributed by atoms with E-state index in [4.69, 9.17) is 5.73 Å². The van der Waals surface area contributed by atoms with Gasteiger partial charge in [-0.2, -0.15) is 0 Å². The van der Waals surface area contributed by atoms with Gasteiger partial charge in [0.25, 0.3) is 0 Å². The molecule has 0 spiro atoms. The van der Waals surface area contributed by atoms with Gasteiger partial charge in [-0.3, -0.25) is 19.7 Å². The summed E-state index contributed by atoms with van der Waals surface area (Å²) in [6.07, 6.45) is 6.47. The van der Waals surface area contributed by atoms with Gasteiger partial charge in [0.1, 0.15) is 11.8 Å². The van der Waals surface area contributed by atoms with E-state index >= 15 is 0 Å². The van der Waals surface area contributed by atoms with Crippen LogP contribution in [-0.4, -0.2) is 41.6 Å². The van der Waals surface area contributed by atoms with Crippen molar-refractivity contribution in [3.63, 3.8) is 0 Å². The molecule has 3 rings (SSSR count). The average molecular weight is 275 g/mol. The van der Waals surface area contributed by atoms with Crippen molar-refractivity contribution < 1.29 is 14.4 Å². The van der Waals surface area contributed by atoms with E-state index in [1.807, 2.05) is 23.3 Å². The zero-order chi connectivity index (χ0) is 14.3. The third kappa shape index (κ3) is 2.06. The second kappa shape index (κ2) is 4.86. The predicted molar refractivity (Wildman–Crippen MR) is 71.1 cm³/mol. The number of ketones is 1. The standard InChI is InChI=1S/C14H17N3O3/c15-5-8-1-2-9-6-17(7-10(9)13(8)19)11-3-4-12(18)16-14(11)20/h1-2,6,8,10-11H,3-5,7,15H2,(H,16,18,20). The van der Waals surface area contributed by atoms with Gasteiger partial charge < -0.3 is 10.6 Å². The van der Waals surface area contributed by atoms with E-state index in [9.17, 15) is 14.4 Å². The van der Waals surface area contributed by atoms with E-state index in [0.717, 1.165) is 5.57 Å². The summed E-state index contributed by atoms with van der Waals surface area (Å²) < 4.78 is 0. The van der Waals surface area contributed by atoms with Crippen LogP contribution in [0.2, 0.25) is 0 Å². The highest BCUT2D eigenvalue weighted by Gasteiger charge is 2.40. The molecule has 0 radical (unpaired) electrons. The lowest BCUT2D eigenvalue weighted by atomic mass is 9.83. The molecule has 3 N–H and O–H groups in total. The van der Waals surface area contributed by atoms with Crippen molar-refractivity contribution in [2.45, 2.75) is 18.9 Å². The SMILES string of the molecule is NCC1C=CC2=CN(C3CCC(=O)NC3=O)CC2C1=O. The average Bonchev–Trinajstić information content (AvgIpc) is 2.84. The largest absolute Gasteiger partial charge is 0.364 e. The number of carbonyl (C=O) groups is 3. The molecule has 0 aromatic rings. The number of hydrogen-bond acceptors (Lipinski definition) is 5. The van der Waals surface area contributed by atoms with Crippen molar-refractivity contribution in [1.82, 2.24) is 10.2 Å². The molecule has 2 aliphatic heterocycles. The zero-order valence-corrected chi connectivity index (χ0v) is 11.0. The second-order valence-corrected chi connectivity index (χ2v) is 5.45. The van der Waals surface area contributed by atoms with Gasteiger partial charge in [0, 0.05) is 31.6 Å². The van der Waals surface area contributed by atoms with Crippen molar-refractivity contribution in [3.05, 3.63) is 23.9 Å². The summed E-state index contributed by atoms with van der Waals surface area (Å²) in [6, 6.07) is -0.358. The van der Waals surface area contributed by atoms with Crippen LogP contribution in [0.5, 0.6) is 0 Å². The number of nitrogens with two attached hydrogens (primary N) is 1. The monoisotopic (exact) mass is 275 g/mol. The maximum Gasteiger partial charge on any atom is 0.249 e. The number of allylic oxidation sites excluding steroid dienone is 1. The van der Waals surface area contributed by atoms with E-state index in [1.54, 1.807) is 0 Å². The molecular weight excluding hydrogens is 258 g/mol. The molecule has 1 fully saturated rings. The first-order valence-electron chi connectivity index (χ1n) is 6.83. The Balaban J connectivity index is 1.76. The van der Waals surface area contributed by atoms with Gasteiger partial charge in [-0.05, 0) is 12.0 Å². The number of fused-ring (bicyclic) bond motifs is 1. The quantitative estimate of drug-likeness (QED) is 0.651. The maximum atomic E-state index is 12.2. The number of amides is 2. The molecule has 2 heterocycles.